The molecule has 0 bridgehead atoms. The lowest BCUT2D eigenvalue weighted by molar-refractivity contribution is -0.274. The normalized spacial score (nSPS) is 11.3. The Morgan fingerprint density at radius 2 is 1.77 bits per heavy atom. The number of hydrazine groups is 1. The zero-order chi connectivity index (χ0) is 25.8. The Morgan fingerprint density at radius 1 is 1.06 bits per heavy atom. The maximum Gasteiger partial charge on any atom is 0.573 e. The minimum atomic E-state index is -4.97. The number of carbonyl (C=O) groups is 2. The van der Waals surface area contributed by atoms with Crippen molar-refractivity contribution >= 4 is 11.8 Å². The fourth-order valence-electron chi connectivity index (χ4n) is 3.20. The molecule has 0 aliphatic heterocycles. The Morgan fingerprint density at radius 3 is 2.40 bits per heavy atom. The molecular formula is C24H22F4N2O5. The minimum absolute atomic E-state index is 0.0338. The van der Waals surface area contributed by atoms with Crippen LogP contribution in [0.3, 0.4) is 0 Å². The molecule has 0 saturated carbocycles. The summed E-state index contributed by atoms with van der Waals surface area (Å²) >= 11 is 0. The number of halogens is 4. The Hall–Kier alpha value is -4.02. The number of amides is 2. The third-order valence-corrected chi connectivity index (χ3v) is 4.77. The van der Waals surface area contributed by atoms with Crippen molar-refractivity contribution in [3.8, 4) is 22.6 Å². The monoisotopic (exact) mass is 494 g/mol. The number of para-hydroxylation sites is 1. The van der Waals surface area contributed by atoms with Gasteiger partial charge in [-0.05, 0) is 51.1 Å². The number of carbonyl (C=O) groups excluding carboxylic acids is 2. The van der Waals surface area contributed by atoms with Crippen LogP contribution in [0.25, 0.3) is 11.1 Å². The summed E-state index contributed by atoms with van der Waals surface area (Å²) in [5, 5.41) is 1.04. The van der Waals surface area contributed by atoms with Crippen LogP contribution in [-0.2, 0) is 4.79 Å². The number of ether oxygens (including phenoxy) is 2. The molecule has 1 aromatic heterocycles. The van der Waals surface area contributed by atoms with E-state index < -0.39 is 42.4 Å². The van der Waals surface area contributed by atoms with Gasteiger partial charge < -0.3 is 13.9 Å². The third kappa shape index (κ3) is 6.52. The number of rotatable bonds is 7. The van der Waals surface area contributed by atoms with Crippen LogP contribution in [0.4, 0.5) is 17.6 Å². The van der Waals surface area contributed by atoms with E-state index in [9.17, 15) is 27.2 Å². The number of nitrogens with one attached hydrogen (secondary N) is 1. The quantitative estimate of drug-likeness (QED) is 0.358. The molecule has 11 heteroatoms. The fraction of sp³-hybridized carbons (Fsp3) is 0.250. The number of nitrogens with zero attached hydrogens (tertiary/aromatic N) is 1. The number of furan rings is 1. The van der Waals surface area contributed by atoms with Gasteiger partial charge in [-0.1, -0.05) is 18.2 Å². The highest BCUT2D eigenvalue weighted by atomic mass is 19.4. The highest BCUT2D eigenvalue weighted by molar-refractivity contribution is 5.94. The molecule has 2 aromatic carbocycles. The molecule has 3 rings (SSSR count). The second kappa shape index (κ2) is 10.5. The molecule has 0 unspecified atom stereocenters. The highest BCUT2D eigenvalue weighted by Gasteiger charge is 2.32. The first-order chi connectivity index (χ1) is 16.5. The Balaban J connectivity index is 1.82. The molecule has 3 aromatic rings. The third-order valence-electron chi connectivity index (χ3n) is 4.77. The van der Waals surface area contributed by atoms with Crippen molar-refractivity contribution in [3.05, 3.63) is 71.9 Å². The van der Waals surface area contributed by atoms with Crippen molar-refractivity contribution in [3.63, 3.8) is 0 Å². The molecule has 1 heterocycles. The van der Waals surface area contributed by atoms with E-state index >= 15 is 0 Å². The Kier molecular flexibility index (Phi) is 7.68. The van der Waals surface area contributed by atoms with Crippen LogP contribution < -0.4 is 14.9 Å². The summed E-state index contributed by atoms with van der Waals surface area (Å²) in [6.45, 7) is 4.37. The summed E-state index contributed by atoms with van der Waals surface area (Å²) in [6, 6.07) is 9.48. The van der Waals surface area contributed by atoms with Gasteiger partial charge in [-0.15, -0.1) is 13.2 Å². The van der Waals surface area contributed by atoms with E-state index in [-0.39, 0.29) is 22.6 Å². The zero-order valence-corrected chi connectivity index (χ0v) is 19.0. The Bertz CT molecular complexity index is 1210. The Labute approximate surface area is 198 Å². The van der Waals surface area contributed by atoms with Crippen LogP contribution in [0.15, 0.2) is 59.2 Å². The number of alkyl halides is 3. The van der Waals surface area contributed by atoms with E-state index in [2.05, 4.69) is 10.2 Å². The summed E-state index contributed by atoms with van der Waals surface area (Å²) in [5.74, 6) is -2.62. The molecule has 7 nitrogen and oxygen atoms in total. The zero-order valence-electron chi connectivity index (χ0n) is 19.0. The number of aryl methyl sites for hydroxylation is 1. The first-order valence-electron chi connectivity index (χ1n) is 10.4. The van der Waals surface area contributed by atoms with Crippen molar-refractivity contribution in [2.24, 2.45) is 0 Å². The fourth-order valence-corrected chi connectivity index (χ4v) is 3.20. The van der Waals surface area contributed by atoms with Crippen LogP contribution >= 0.6 is 0 Å². The average molecular weight is 494 g/mol. The van der Waals surface area contributed by atoms with Gasteiger partial charge in [-0.25, -0.2) is 9.40 Å². The maximum atomic E-state index is 14.0. The molecule has 0 radical (unpaired) electrons. The van der Waals surface area contributed by atoms with Crippen LogP contribution in [-0.4, -0.2) is 35.8 Å². The molecule has 0 fully saturated rings. The molecule has 0 aliphatic carbocycles. The van der Waals surface area contributed by atoms with Gasteiger partial charge in [0.05, 0.1) is 6.26 Å². The molecule has 2 amide bonds. The lowest BCUT2D eigenvalue weighted by Gasteiger charge is -2.27. The molecule has 186 valence electrons. The molecule has 0 saturated heterocycles. The average Bonchev–Trinajstić information content (AvgIpc) is 3.21. The van der Waals surface area contributed by atoms with Crippen LogP contribution in [0.2, 0.25) is 0 Å². The van der Waals surface area contributed by atoms with Gasteiger partial charge in [0, 0.05) is 22.7 Å². The van der Waals surface area contributed by atoms with E-state index in [4.69, 9.17) is 9.15 Å². The second-order valence-electron chi connectivity index (χ2n) is 7.70. The molecular weight excluding hydrogens is 472 g/mol. The van der Waals surface area contributed by atoms with Gasteiger partial charge in [0.1, 0.15) is 17.3 Å². The van der Waals surface area contributed by atoms with E-state index in [1.807, 2.05) is 0 Å². The van der Waals surface area contributed by atoms with Crippen molar-refractivity contribution in [2.45, 2.75) is 33.2 Å². The van der Waals surface area contributed by atoms with Crippen molar-refractivity contribution in [2.75, 3.05) is 6.61 Å². The maximum absolute atomic E-state index is 14.0. The summed E-state index contributed by atoms with van der Waals surface area (Å²) < 4.78 is 67.3. The minimum Gasteiger partial charge on any atom is -0.483 e. The second-order valence-corrected chi connectivity index (χ2v) is 7.70. The standard InChI is InChI=1S/C24H22F4N2O5/c1-14(2)30(29-23(32)22-15(3)10-11-33-22)21(31)13-34-19-9-8-16(25)12-18(19)17-6-4-5-7-20(17)35-24(26,27)28/h4-12,14H,13H2,1-3H3,(H,29,32). The molecule has 1 N–H and O–H groups in total. The van der Waals surface area contributed by atoms with E-state index in [0.717, 1.165) is 23.2 Å². The summed E-state index contributed by atoms with van der Waals surface area (Å²) in [4.78, 5) is 25.3. The smallest absolute Gasteiger partial charge is 0.483 e. The highest BCUT2D eigenvalue weighted by Crippen LogP contribution is 2.39. The lowest BCUT2D eigenvalue weighted by Crippen LogP contribution is -2.51. The van der Waals surface area contributed by atoms with Gasteiger partial charge in [0.15, 0.2) is 12.4 Å². The van der Waals surface area contributed by atoms with Crippen molar-refractivity contribution in [1.29, 1.82) is 0 Å². The van der Waals surface area contributed by atoms with Crippen molar-refractivity contribution in [1.82, 2.24) is 10.4 Å². The predicted molar refractivity (Wildman–Crippen MR) is 117 cm³/mol. The van der Waals surface area contributed by atoms with E-state index in [1.54, 1.807) is 26.8 Å². The first-order valence-corrected chi connectivity index (χ1v) is 10.4. The van der Waals surface area contributed by atoms with Gasteiger partial charge in [0.25, 0.3) is 5.91 Å². The summed E-state index contributed by atoms with van der Waals surface area (Å²) in [5.41, 5.74) is 2.89. The molecule has 0 atom stereocenters. The summed E-state index contributed by atoms with van der Waals surface area (Å²) in [7, 11) is 0. The largest absolute Gasteiger partial charge is 0.573 e. The lowest BCUT2D eigenvalue weighted by atomic mass is 10.0. The number of benzene rings is 2. The molecule has 0 aliphatic rings. The number of hydrogen-bond donors (Lipinski definition) is 1. The van der Waals surface area contributed by atoms with E-state index in [1.165, 1.54) is 30.5 Å². The predicted octanol–water partition coefficient (Wildman–Crippen LogP) is 5.25. The van der Waals surface area contributed by atoms with E-state index in [0.29, 0.717) is 5.56 Å². The molecule has 0 spiro atoms. The van der Waals surface area contributed by atoms with Crippen LogP contribution in [0, 0.1) is 12.7 Å². The van der Waals surface area contributed by atoms with Gasteiger partial charge in [0.2, 0.25) is 0 Å². The van der Waals surface area contributed by atoms with Crippen LogP contribution in [0.1, 0.15) is 30.0 Å². The van der Waals surface area contributed by atoms with Crippen LogP contribution in [0.5, 0.6) is 11.5 Å². The van der Waals surface area contributed by atoms with Gasteiger partial charge >= 0.3 is 12.3 Å². The van der Waals surface area contributed by atoms with Crippen molar-refractivity contribution < 1.29 is 41.0 Å². The topological polar surface area (TPSA) is 81.0 Å². The molecule has 35 heavy (non-hydrogen) atoms. The van der Waals surface area contributed by atoms with Gasteiger partial charge in [-0.3, -0.25) is 15.0 Å². The SMILES string of the molecule is Cc1ccoc1C(=O)NN(C(=O)COc1ccc(F)cc1-c1ccccc1OC(F)(F)F)C(C)C. The first kappa shape index (κ1) is 25.6. The summed E-state index contributed by atoms with van der Waals surface area (Å²) in [6.07, 6.45) is -3.63. The number of hydrogen-bond acceptors (Lipinski definition) is 5. The van der Waals surface area contributed by atoms with Gasteiger partial charge in [-0.2, -0.15) is 0 Å².